The molecular formula is C19H18FN7O2. The second-order valence-electron chi connectivity index (χ2n) is 6.93. The van der Waals surface area contributed by atoms with Crippen molar-refractivity contribution in [1.29, 1.82) is 0 Å². The van der Waals surface area contributed by atoms with Crippen molar-refractivity contribution < 1.29 is 13.9 Å². The highest BCUT2D eigenvalue weighted by Crippen LogP contribution is 2.41. The van der Waals surface area contributed by atoms with Crippen LogP contribution in [0.3, 0.4) is 0 Å². The number of rotatable bonds is 4. The third kappa shape index (κ3) is 2.88. The summed E-state index contributed by atoms with van der Waals surface area (Å²) in [5, 5.41) is 1.21. The highest BCUT2D eigenvalue weighted by molar-refractivity contribution is 6.13. The van der Waals surface area contributed by atoms with Gasteiger partial charge < -0.3 is 25.9 Å². The van der Waals surface area contributed by atoms with Crippen molar-refractivity contribution in [2.75, 3.05) is 12.3 Å². The van der Waals surface area contributed by atoms with E-state index in [4.69, 9.17) is 20.9 Å². The van der Waals surface area contributed by atoms with Crippen LogP contribution in [0.2, 0.25) is 0 Å². The molecule has 4 heterocycles. The third-order valence-corrected chi connectivity index (χ3v) is 4.92. The zero-order chi connectivity index (χ0) is 20.1. The second kappa shape index (κ2) is 6.52. The molecule has 0 saturated heterocycles. The summed E-state index contributed by atoms with van der Waals surface area (Å²) in [4.78, 5) is 20.2. The molecule has 1 aliphatic rings. The Morgan fingerprint density at radius 3 is 2.83 bits per heavy atom. The van der Waals surface area contributed by atoms with E-state index in [1.165, 1.54) is 18.5 Å². The number of aryl methyl sites for hydroxylation is 1. The number of aromatic amines is 1. The number of nitrogens with one attached hydrogen (secondary N) is 1. The quantitative estimate of drug-likeness (QED) is 0.448. The number of nitrogens with zero attached hydrogens (tertiary/aromatic N) is 4. The molecule has 10 heteroatoms. The molecule has 0 bridgehead atoms. The second-order valence-corrected chi connectivity index (χ2v) is 6.93. The van der Waals surface area contributed by atoms with Gasteiger partial charge in [0.05, 0.1) is 29.0 Å². The maximum atomic E-state index is 14.7. The van der Waals surface area contributed by atoms with E-state index in [-0.39, 0.29) is 23.6 Å². The number of hydrogen-bond donors (Lipinski definition) is 3. The van der Waals surface area contributed by atoms with E-state index < -0.39 is 0 Å². The first kappa shape index (κ1) is 17.6. The summed E-state index contributed by atoms with van der Waals surface area (Å²) in [6.45, 7) is 2.18. The average Bonchev–Trinajstić information content (AvgIpc) is 2.98. The Hall–Kier alpha value is -3.53. The van der Waals surface area contributed by atoms with E-state index >= 15 is 0 Å². The summed E-state index contributed by atoms with van der Waals surface area (Å²) in [5.74, 6) is 0.920. The molecule has 148 valence electrons. The van der Waals surface area contributed by atoms with Crippen LogP contribution in [-0.4, -0.2) is 37.6 Å². The molecule has 3 aromatic heterocycles. The smallest absolute Gasteiger partial charge is 0.327 e. The van der Waals surface area contributed by atoms with Gasteiger partial charge in [-0.1, -0.05) is 0 Å². The van der Waals surface area contributed by atoms with Gasteiger partial charge in [-0.05, 0) is 26.0 Å². The maximum Gasteiger partial charge on any atom is 0.327 e. The van der Waals surface area contributed by atoms with Gasteiger partial charge in [-0.3, -0.25) is 0 Å². The lowest BCUT2D eigenvalue weighted by Crippen LogP contribution is -2.23. The van der Waals surface area contributed by atoms with Gasteiger partial charge in [-0.2, -0.15) is 9.97 Å². The standard InChI is InChI=1S/C19H18FN7O2/c1-8-23-6-10(7-24-8)29-19-26-17-15-14-11(12(20)5-13(22)16(14)25-17)4-9(2-3-21)28-18(15)27-19/h5-7,9H,2-4,21-22H2,1H3,(H,25,26,27)/t9-/m0/s1. The zero-order valence-corrected chi connectivity index (χ0v) is 15.6. The van der Waals surface area contributed by atoms with E-state index in [1.54, 1.807) is 6.92 Å². The van der Waals surface area contributed by atoms with E-state index in [0.29, 0.717) is 64.3 Å². The largest absolute Gasteiger partial charge is 0.473 e. The van der Waals surface area contributed by atoms with Gasteiger partial charge in [0.2, 0.25) is 5.88 Å². The lowest BCUT2D eigenvalue weighted by molar-refractivity contribution is 0.188. The summed E-state index contributed by atoms with van der Waals surface area (Å²) >= 11 is 0. The fourth-order valence-electron chi connectivity index (χ4n) is 3.62. The van der Waals surface area contributed by atoms with Crippen molar-refractivity contribution in [3.8, 4) is 17.6 Å². The van der Waals surface area contributed by atoms with Gasteiger partial charge in [0.15, 0.2) is 5.75 Å². The first-order valence-electron chi connectivity index (χ1n) is 9.17. The van der Waals surface area contributed by atoms with E-state index in [0.717, 1.165) is 0 Å². The summed E-state index contributed by atoms with van der Waals surface area (Å²) in [5.41, 5.74) is 13.6. The topological polar surface area (TPSA) is 138 Å². The average molecular weight is 395 g/mol. The molecule has 29 heavy (non-hydrogen) atoms. The van der Waals surface area contributed by atoms with Gasteiger partial charge in [0.25, 0.3) is 0 Å². The van der Waals surface area contributed by atoms with Crippen molar-refractivity contribution in [2.24, 2.45) is 5.73 Å². The number of benzene rings is 1. The van der Waals surface area contributed by atoms with Crippen LogP contribution in [0.1, 0.15) is 17.8 Å². The Labute approximate surface area is 164 Å². The fourth-order valence-corrected chi connectivity index (χ4v) is 3.62. The number of halogens is 1. The van der Waals surface area contributed by atoms with E-state index in [1.807, 2.05) is 0 Å². The van der Waals surface area contributed by atoms with Crippen LogP contribution in [-0.2, 0) is 6.42 Å². The minimum Gasteiger partial charge on any atom is -0.473 e. The van der Waals surface area contributed by atoms with E-state index in [2.05, 4.69) is 24.9 Å². The maximum absolute atomic E-state index is 14.7. The molecule has 0 unspecified atom stereocenters. The van der Waals surface area contributed by atoms with Crippen LogP contribution in [0.25, 0.3) is 21.9 Å². The minimum atomic E-state index is -0.383. The van der Waals surface area contributed by atoms with Crippen LogP contribution < -0.4 is 20.9 Å². The Kier molecular flexibility index (Phi) is 3.95. The molecule has 1 aromatic carbocycles. The van der Waals surface area contributed by atoms with Crippen molar-refractivity contribution in [1.82, 2.24) is 24.9 Å². The van der Waals surface area contributed by atoms with Crippen molar-refractivity contribution >= 4 is 27.6 Å². The number of anilines is 1. The van der Waals surface area contributed by atoms with Gasteiger partial charge in [-0.15, -0.1) is 0 Å². The molecule has 1 aliphatic heterocycles. The lowest BCUT2D eigenvalue weighted by atomic mass is 10.00. The molecule has 0 radical (unpaired) electrons. The Morgan fingerprint density at radius 2 is 2.07 bits per heavy atom. The summed E-state index contributed by atoms with van der Waals surface area (Å²) < 4.78 is 26.6. The van der Waals surface area contributed by atoms with E-state index in [9.17, 15) is 4.39 Å². The van der Waals surface area contributed by atoms with Crippen molar-refractivity contribution in [2.45, 2.75) is 25.9 Å². The number of nitrogen functional groups attached to an aromatic ring is 1. The molecule has 4 aromatic rings. The van der Waals surface area contributed by atoms with Gasteiger partial charge in [0, 0.05) is 17.4 Å². The first-order chi connectivity index (χ1) is 14.0. The summed E-state index contributed by atoms with van der Waals surface area (Å²) in [7, 11) is 0. The number of ether oxygens (including phenoxy) is 2. The van der Waals surface area contributed by atoms with Crippen LogP contribution >= 0.6 is 0 Å². The van der Waals surface area contributed by atoms with Crippen LogP contribution in [0, 0.1) is 12.7 Å². The number of nitrogens with two attached hydrogens (primary N) is 2. The summed E-state index contributed by atoms with van der Waals surface area (Å²) in [6, 6.07) is 1.37. The summed E-state index contributed by atoms with van der Waals surface area (Å²) in [6.07, 6.45) is 3.63. The molecular weight excluding hydrogens is 377 g/mol. The van der Waals surface area contributed by atoms with Crippen molar-refractivity contribution in [3.05, 3.63) is 35.7 Å². The minimum absolute atomic E-state index is 0.0560. The third-order valence-electron chi connectivity index (χ3n) is 4.92. The van der Waals surface area contributed by atoms with Crippen LogP contribution in [0.5, 0.6) is 17.6 Å². The number of aromatic nitrogens is 5. The normalized spacial score (nSPS) is 15.6. The van der Waals surface area contributed by atoms with Gasteiger partial charge >= 0.3 is 6.01 Å². The molecule has 5 rings (SSSR count). The molecule has 9 nitrogen and oxygen atoms in total. The number of H-pyrrole nitrogens is 1. The number of hydrogen-bond acceptors (Lipinski definition) is 8. The van der Waals surface area contributed by atoms with Crippen LogP contribution in [0.15, 0.2) is 18.5 Å². The molecule has 0 spiro atoms. The molecule has 5 N–H and O–H groups in total. The fraction of sp³-hybridized carbons (Fsp3) is 0.263. The van der Waals surface area contributed by atoms with Crippen molar-refractivity contribution in [3.63, 3.8) is 0 Å². The Balaban J connectivity index is 1.71. The molecule has 0 saturated carbocycles. The monoisotopic (exact) mass is 395 g/mol. The predicted octanol–water partition coefficient (Wildman–Crippen LogP) is 2.38. The molecule has 1 atom stereocenters. The van der Waals surface area contributed by atoms with Gasteiger partial charge in [-0.25, -0.2) is 14.4 Å². The zero-order valence-electron chi connectivity index (χ0n) is 15.6. The highest BCUT2D eigenvalue weighted by Gasteiger charge is 2.28. The van der Waals surface area contributed by atoms with Gasteiger partial charge in [0.1, 0.15) is 23.4 Å². The predicted molar refractivity (Wildman–Crippen MR) is 104 cm³/mol. The molecule has 0 fully saturated rings. The SMILES string of the molecule is Cc1ncc(Oc2nc3c4c(n2)[nH]c2c(N)cc(F)c(c24)C[C@H](CCN)O3)cn1. The Morgan fingerprint density at radius 1 is 1.28 bits per heavy atom. The molecule has 0 amide bonds. The first-order valence-corrected chi connectivity index (χ1v) is 9.17. The highest BCUT2D eigenvalue weighted by atomic mass is 19.1. The van der Waals surface area contributed by atoms with Crippen LogP contribution in [0.4, 0.5) is 10.1 Å². The Bertz CT molecular complexity index is 1240. The molecule has 0 aliphatic carbocycles. The lowest BCUT2D eigenvalue weighted by Gasteiger charge is -2.17.